The second-order valence-electron chi connectivity index (χ2n) is 6.43. The zero-order chi connectivity index (χ0) is 16.7. The summed E-state index contributed by atoms with van der Waals surface area (Å²) in [6.45, 7) is 4.37. The lowest BCUT2D eigenvalue weighted by Gasteiger charge is -2.33. The predicted molar refractivity (Wildman–Crippen MR) is 92.0 cm³/mol. The summed E-state index contributed by atoms with van der Waals surface area (Å²) in [6.07, 6.45) is 4.18. The molecule has 1 heterocycles. The van der Waals surface area contributed by atoms with Crippen molar-refractivity contribution in [2.75, 3.05) is 26.7 Å². The number of carbonyl (C=O) groups is 2. The third-order valence-electron chi connectivity index (χ3n) is 4.62. The summed E-state index contributed by atoms with van der Waals surface area (Å²) in [4.78, 5) is 28.5. The number of hydrogen-bond donors (Lipinski definition) is 0. The average Bonchev–Trinajstić information content (AvgIpc) is 2.60. The third kappa shape index (κ3) is 5.08. The number of benzene rings is 1. The van der Waals surface area contributed by atoms with Crippen LogP contribution in [-0.2, 0) is 16.0 Å². The highest BCUT2D eigenvalue weighted by Gasteiger charge is 2.28. The minimum atomic E-state index is 0.0811. The Morgan fingerprint density at radius 2 is 1.83 bits per heavy atom. The van der Waals surface area contributed by atoms with Gasteiger partial charge in [-0.15, -0.1) is 0 Å². The fourth-order valence-corrected chi connectivity index (χ4v) is 3.08. The number of hydrogen-bond acceptors (Lipinski definition) is 2. The van der Waals surface area contributed by atoms with Gasteiger partial charge in [0, 0.05) is 32.6 Å². The fourth-order valence-electron chi connectivity index (χ4n) is 3.08. The van der Waals surface area contributed by atoms with Gasteiger partial charge in [0.05, 0.1) is 6.42 Å². The van der Waals surface area contributed by atoms with Gasteiger partial charge in [0.1, 0.15) is 0 Å². The van der Waals surface area contributed by atoms with Crippen molar-refractivity contribution in [3.63, 3.8) is 0 Å². The molecule has 4 nitrogen and oxygen atoms in total. The molecule has 0 aromatic heterocycles. The van der Waals surface area contributed by atoms with E-state index in [2.05, 4.69) is 6.92 Å². The standard InChI is InChI=1S/C19H28N2O2/c1-3-4-12-20(2)19(23)17-10-13-21(14-11-17)18(22)15-16-8-6-5-7-9-16/h5-9,17H,3-4,10-15H2,1-2H3. The van der Waals surface area contributed by atoms with Crippen LogP contribution in [-0.4, -0.2) is 48.3 Å². The van der Waals surface area contributed by atoms with Crippen LogP contribution < -0.4 is 0 Å². The highest BCUT2D eigenvalue weighted by atomic mass is 16.2. The maximum atomic E-state index is 12.4. The molecule has 1 aromatic rings. The van der Waals surface area contributed by atoms with Gasteiger partial charge in [-0.25, -0.2) is 0 Å². The van der Waals surface area contributed by atoms with Gasteiger partial charge < -0.3 is 9.80 Å². The topological polar surface area (TPSA) is 40.6 Å². The van der Waals surface area contributed by atoms with Crippen LogP contribution in [0.15, 0.2) is 30.3 Å². The number of unbranched alkanes of at least 4 members (excludes halogenated alkanes) is 1. The minimum absolute atomic E-state index is 0.0811. The summed E-state index contributed by atoms with van der Waals surface area (Å²) in [5.41, 5.74) is 1.05. The van der Waals surface area contributed by atoms with Crippen molar-refractivity contribution < 1.29 is 9.59 Å². The summed E-state index contributed by atoms with van der Waals surface area (Å²) in [6, 6.07) is 9.84. The predicted octanol–water partition coefficient (Wildman–Crippen LogP) is 2.73. The molecular formula is C19H28N2O2. The molecule has 1 saturated heterocycles. The van der Waals surface area contributed by atoms with Crippen LogP contribution >= 0.6 is 0 Å². The number of nitrogens with zero attached hydrogens (tertiary/aromatic N) is 2. The van der Waals surface area contributed by atoms with Gasteiger partial charge in [0.2, 0.25) is 11.8 Å². The van der Waals surface area contributed by atoms with Gasteiger partial charge in [0.25, 0.3) is 0 Å². The molecule has 23 heavy (non-hydrogen) atoms. The van der Waals surface area contributed by atoms with Crippen molar-refractivity contribution in [1.82, 2.24) is 9.80 Å². The first kappa shape index (κ1) is 17.5. The lowest BCUT2D eigenvalue weighted by atomic mass is 9.95. The molecule has 4 heteroatoms. The number of likely N-dealkylation sites (tertiary alicyclic amines) is 1. The second kappa shape index (κ2) is 8.70. The van der Waals surface area contributed by atoms with Crippen LogP contribution in [0, 0.1) is 5.92 Å². The number of rotatable bonds is 6. The Balaban J connectivity index is 1.79. The van der Waals surface area contributed by atoms with Crippen molar-refractivity contribution in [2.45, 2.75) is 39.0 Å². The van der Waals surface area contributed by atoms with Crippen LogP contribution in [0.25, 0.3) is 0 Å². The van der Waals surface area contributed by atoms with Gasteiger partial charge in [-0.1, -0.05) is 43.7 Å². The first-order valence-corrected chi connectivity index (χ1v) is 8.68. The molecule has 1 aromatic carbocycles. The van der Waals surface area contributed by atoms with Crippen LogP contribution in [0.5, 0.6) is 0 Å². The van der Waals surface area contributed by atoms with E-state index in [0.717, 1.165) is 37.8 Å². The highest BCUT2D eigenvalue weighted by molar-refractivity contribution is 5.81. The summed E-state index contributed by atoms with van der Waals surface area (Å²) in [5, 5.41) is 0. The van der Waals surface area contributed by atoms with Gasteiger partial charge in [-0.2, -0.15) is 0 Å². The molecule has 0 atom stereocenters. The Hall–Kier alpha value is -1.84. The lowest BCUT2D eigenvalue weighted by Crippen LogP contribution is -2.44. The van der Waals surface area contributed by atoms with Gasteiger partial charge in [-0.3, -0.25) is 9.59 Å². The number of carbonyl (C=O) groups excluding carboxylic acids is 2. The van der Waals surface area contributed by atoms with E-state index < -0.39 is 0 Å². The lowest BCUT2D eigenvalue weighted by molar-refractivity contribution is -0.139. The third-order valence-corrected chi connectivity index (χ3v) is 4.62. The quantitative estimate of drug-likeness (QED) is 0.809. The smallest absolute Gasteiger partial charge is 0.226 e. The molecule has 2 rings (SSSR count). The normalized spacial score (nSPS) is 15.5. The Kier molecular flexibility index (Phi) is 6.63. The average molecular weight is 316 g/mol. The molecule has 0 unspecified atom stereocenters. The van der Waals surface area contributed by atoms with Crippen molar-refractivity contribution in [3.05, 3.63) is 35.9 Å². The molecule has 2 amide bonds. The van der Waals surface area contributed by atoms with E-state index >= 15 is 0 Å². The zero-order valence-electron chi connectivity index (χ0n) is 14.3. The summed E-state index contributed by atoms with van der Waals surface area (Å²) < 4.78 is 0. The monoisotopic (exact) mass is 316 g/mol. The second-order valence-corrected chi connectivity index (χ2v) is 6.43. The SMILES string of the molecule is CCCCN(C)C(=O)C1CCN(C(=O)Cc2ccccc2)CC1. The summed E-state index contributed by atoms with van der Waals surface area (Å²) in [5.74, 6) is 0.493. The first-order valence-electron chi connectivity index (χ1n) is 8.68. The Labute approximate surface area is 139 Å². The molecule has 0 bridgehead atoms. The fraction of sp³-hybridized carbons (Fsp3) is 0.579. The van der Waals surface area contributed by atoms with E-state index in [-0.39, 0.29) is 17.7 Å². The minimum Gasteiger partial charge on any atom is -0.346 e. The van der Waals surface area contributed by atoms with Gasteiger partial charge in [0.15, 0.2) is 0 Å². The van der Waals surface area contributed by atoms with E-state index in [0.29, 0.717) is 19.5 Å². The van der Waals surface area contributed by atoms with Crippen molar-refractivity contribution in [1.29, 1.82) is 0 Å². The molecule has 1 fully saturated rings. The van der Waals surface area contributed by atoms with Crippen LogP contribution in [0.1, 0.15) is 38.2 Å². The summed E-state index contributed by atoms with van der Waals surface area (Å²) in [7, 11) is 1.89. The molecule has 0 radical (unpaired) electrons. The van der Waals surface area contributed by atoms with Crippen LogP contribution in [0.3, 0.4) is 0 Å². The maximum absolute atomic E-state index is 12.4. The van der Waals surface area contributed by atoms with Crippen molar-refractivity contribution in [3.8, 4) is 0 Å². The van der Waals surface area contributed by atoms with Crippen molar-refractivity contribution in [2.24, 2.45) is 5.92 Å². The van der Waals surface area contributed by atoms with E-state index in [1.54, 1.807) is 0 Å². The number of piperidine rings is 1. The van der Waals surface area contributed by atoms with E-state index in [9.17, 15) is 9.59 Å². The zero-order valence-corrected chi connectivity index (χ0v) is 14.3. The summed E-state index contributed by atoms with van der Waals surface area (Å²) >= 11 is 0. The highest BCUT2D eigenvalue weighted by Crippen LogP contribution is 2.20. The first-order chi connectivity index (χ1) is 11.1. The van der Waals surface area contributed by atoms with Crippen LogP contribution in [0.4, 0.5) is 0 Å². The van der Waals surface area contributed by atoms with Gasteiger partial charge >= 0.3 is 0 Å². The Morgan fingerprint density at radius 1 is 1.17 bits per heavy atom. The Bertz CT molecular complexity index is 507. The molecule has 126 valence electrons. The molecular weight excluding hydrogens is 288 g/mol. The molecule has 1 aliphatic rings. The molecule has 1 aliphatic heterocycles. The molecule has 0 spiro atoms. The van der Waals surface area contributed by atoms with Gasteiger partial charge in [-0.05, 0) is 24.8 Å². The molecule has 0 N–H and O–H groups in total. The Morgan fingerprint density at radius 3 is 2.43 bits per heavy atom. The molecule has 0 saturated carbocycles. The van der Waals surface area contributed by atoms with Crippen LogP contribution in [0.2, 0.25) is 0 Å². The van der Waals surface area contributed by atoms with E-state index in [4.69, 9.17) is 0 Å². The van der Waals surface area contributed by atoms with E-state index in [1.807, 2.05) is 47.2 Å². The van der Waals surface area contributed by atoms with Crippen molar-refractivity contribution >= 4 is 11.8 Å². The van der Waals surface area contributed by atoms with E-state index in [1.165, 1.54) is 0 Å². The maximum Gasteiger partial charge on any atom is 0.226 e. The number of amides is 2. The molecule has 0 aliphatic carbocycles. The largest absolute Gasteiger partial charge is 0.346 e.